The first-order valence-electron chi connectivity index (χ1n) is 40.8. The van der Waals surface area contributed by atoms with E-state index in [9.17, 15) is 14.4 Å². The number of likely N-dealkylation sites (tertiary alicyclic amines) is 2. The first-order valence-corrected chi connectivity index (χ1v) is 40.8. The highest BCUT2D eigenvalue weighted by atomic mass is 16.5. The lowest BCUT2D eigenvalue weighted by Crippen LogP contribution is -2.39. The van der Waals surface area contributed by atoms with Crippen LogP contribution in [0.1, 0.15) is 57.8 Å². The van der Waals surface area contributed by atoms with Crippen LogP contribution in [-0.2, 0) is 39.3 Å². The molecule has 0 radical (unpaired) electrons. The number of fused-ring (bicyclic) bond motifs is 21. The molecule has 14 heterocycles. The Bertz CT molecular complexity index is 6410. The number of likely N-dealkylation sites (N-methyl/N-ethyl adjacent to an activating group) is 1. The molecular formula is C90H95N21O6. The predicted molar refractivity (Wildman–Crippen MR) is 462 cm³/mol. The van der Waals surface area contributed by atoms with Gasteiger partial charge < -0.3 is 58.6 Å². The molecule has 6 bridgehead atoms. The molecule has 2 fully saturated rings. The summed E-state index contributed by atoms with van der Waals surface area (Å²) in [5, 5.41) is 15.0. The standard InChI is InChI=1S/C31H33N7O2.C30H31N7O2.C29H31N7O2/c39-30-27-22-32-31(33-24-10-11-28-23(20-24)12-16-36(28)18-17-35-13-4-5-14-35)34-29(27)38-25-8-7-9-26(21-25)40-19-6-2-1-3-15-37(30)38;38-29-26-21-31-30(32-23-9-10-27-22(19-23)11-15-35(27)17-16-34-12-6-13-34)33-28(26)37-24-7-5-8-25(20-24)39-18-4-2-1-3-14-36(29)37;1-33(2)15-16-34-14-12-21-18-22(10-11-26(21)34)31-29-30-20-25-27(32-29)36-23-8-7-9-24(19-23)38-17-6-4-3-5-13-35(36)28(25)37/h1,3,7-12,16,20-22H,2,4-6,13-15,17-19H2,(H,32,33,34);1,3,5,7-11,15,19-21H,2,4,6,12-14,16-18H2,(H,31,32,33);3,5,7-12,14,18-20H,4,6,13,15-17H2,1-2H3,(H,30,31,32). The molecule has 0 spiro atoms. The van der Waals surface area contributed by atoms with E-state index in [1.165, 1.54) is 67.4 Å². The molecule has 0 unspecified atom stereocenters. The third-order valence-electron chi connectivity index (χ3n) is 22.2. The van der Waals surface area contributed by atoms with Crippen LogP contribution in [0.4, 0.5) is 34.9 Å². The Balaban J connectivity index is 0.000000121. The zero-order valence-corrected chi connectivity index (χ0v) is 66.0. The van der Waals surface area contributed by atoms with Gasteiger partial charge in [-0.15, -0.1) is 0 Å². The van der Waals surface area contributed by atoms with Crippen LogP contribution in [0.5, 0.6) is 17.2 Å². The van der Waals surface area contributed by atoms with Gasteiger partial charge in [-0.25, -0.2) is 43.0 Å². The van der Waals surface area contributed by atoms with Crippen molar-refractivity contribution in [2.45, 2.75) is 97.1 Å². The number of anilines is 6. The highest BCUT2D eigenvalue weighted by Gasteiger charge is 2.24. The molecule has 0 amide bonds. The highest BCUT2D eigenvalue weighted by Crippen LogP contribution is 2.31. The van der Waals surface area contributed by atoms with E-state index in [4.69, 9.17) is 29.2 Å². The zero-order chi connectivity index (χ0) is 79.1. The molecule has 3 N–H and O–H groups in total. The van der Waals surface area contributed by atoms with Gasteiger partial charge in [-0.3, -0.25) is 14.4 Å². The molecule has 2 saturated heterocycles. The minimum Gasteiger partial charge on any atom is -0.494 e. The van der Waals surface area contributed by atoms with E-state index in [1.54, 1.807) is 32.6 Å². The van der Waals surface area contributed by atoms with E-state index in [2.05, 4.69) is 177 Å². The second-order valence-corrected chi connectivity index (χ2v) is 30.5. The van der Waals surface area contributed by atoms with E-state index in [-0.39, 0.29) is 16.7 Å². The van der Waals surface area contributed by atoms with Gasteiger partial charge in [0.1, 0.15) is 33.4 Å². The number of ether oxygens (including phenoxy) is 3. The second-order valence-electron chi connectivity index (χ2n) is 30.5. The van der Waals surface area contributed by atoms with Crippen molar-refractivity contribution in [3.8, 4) is 34.3 Å². The van der Waals surface area contributed by atoms with Crippen molar-refractivity contribution in [2.75, 3.05) is 95.7 Å². The maximum atomic E-state index is 13.4. The molecule has 0 aliphatic carbocycles. The maximum Gasteiger partial charge on any atom is 0.278 e. The Labute approximate surface area is 675 Å². The van der Waals surface area contributed by atoms with Crippen molar-refractivity contribution in [1.82, 2.24) is 86.4 Å². The molecular weight excluding hydrogens is 1470 g/mol. The SMILES string of the molecule is CN(C)CCn1ccc2cc(Nc3ncc4c(=O)n5n(c4n3)-c3cccc(c3)OCCCC=CC5)ccc21.O=c1c2cnc(Nc3ccc4c(ccn4CCN4CCC4)c3)nc2n2n1CC=CCCCOc1cccc-2c1.O=c1c2cnc(Nc3ccc4c(ccn4CCN4CCCC4)c3)nc2n2n1CC=CCCCOc1cccc-2c1. The third-order valence-corrected chi connectivity index (χ3v) is 22.2. The quantitative estimate of drug-likeness (QED) is 0.0807. The maximum absolute atomic E-state index is 13.4. The van der Waals surface area contributed by atoms with E-state index in [1.807, 2.05) is 111 Å². The van der Waals surface area contributed by atoms with Crippen molar-refractivity contribution in [3.05, 3.63) is 250 Å². The summed E-state index contributed by atoms with van der Waals surface area (Å²) >= 11 is 0. The largest absolute Gasteiger partial charge is 0.494 e. The fraction of sp³-hybridized carbons (Fsp3) is 0.300. The summed E-state index contributed by atoms with van der Waals surface area (Å²) < 4.78 is 35.4. The van der Waals surface area contributed by atoms with Crippen LogP contribution in [-0.4, -0.2) is 166 Å². The number of benzene rings is 6. The van der Waals surface area contributed by atoms with Crippen molar-refractivity contribution in [2.24, 2.45) is 0 Å². The Morgan fingerprint density at radius 3 is 1.07 bits per heavy atom. The summed E-state index contributed by atoms with van der Waals surface area (Å²) in [7, 11) is 4.16. The molecule has 5 aliphatic rings. The molecule has 6 aromatic carbocycles. The lowest BCUT2D eigenvalue weighted by Gasteiger charge is -2.30. The van der Waals surface area contributed by atoms with Gasteiger partial charge in [-0.05, 0) is 207 Å². The Kier molecular flexibility index (Phi) is 22.0. The van der Waals surface area contributed by atoms with E-state index in [0.29, 0.717) is 90.4 Å². The first-order chi connectivity index (χ1) is 57.5. The fourth-order valence-corrected chi connectivity index (χ4v) is 15.9. The van der Waals surface area contributed by atoms with Gasteiger partial charge in [0.05, 0.1) is 56.5 Å². The average molecular weight is 1570 g/mol. The molecule has 0 atom stereocenters. The minimum atomic E-state index is -0.125. The van der Waals surface area contributed by atoms with Gasteiger partial charge in [-0.2, -0.15) is 15.0 Å². The average Bonchev–Trinajstić information content (AvgIpc) is 1.61. The molecule has 27 heteroatoms. The van der Waals surface area contributed by atoms with Crippen molar-refractivity contribution in [1.29, 1.82) is 0 Å². The molecule has 596 valence electrons. The summed E-state index contributed by atoms with van der Waals surface area (Å²) in [5.41, 5.74) is 10.0. The molecule has 117 heavy (non-hydrogen) atoms. The van der Waals surface area contributed by atoms with Crippen molar-refractivity contribution in [3.63, 3.8) is 0 Å². The monoisotopic (exact) mass is 1570 g/mol. The molecule has 15 aromatic rings. The van der Waals surface area contributed by atoms with Crippen molar-refractivity contribution < 1.29 is 14.2 Å². The van der Waals surface area contributed by atoms with Crippen LogP contribution in [0.25, 0.3) is 82.9 Å². The summed E-state index contributed by atoms with van der Waals surface area (Å²) in [6, 6.07) is 48.7. The van der Waals surface area contributed by atoms with Gasteiger partial charge in [0.25, 0.3) is 16.7 Å². The molecule has 27 nitrogen and oxygen atoms in total. The number of hydrogen-bond acceptors (Lipinski definition) is 18. The van der Waals surface area contributed by atoms with Crippen molar-refractivity contribution >= 4 is 101 Å². The van der Waals surface area contributed by atoms with Crippen LogP contribution in [0.3, 0.4) is 0 Å². The highest BCUT2D eigenvalue weighted by molar-refractivity contribution is 5.88. The second kappa shape index (κ2) is 34.1. The summed E-state index contributed by atoms with van der Waals surface area (Å²) in [6.07, 6.45) is 33.1. The van der Waals surface area contributed by atoms with E-state index in [0.717, 1.165) is 140 Å². The van der Waals surface area contributed by atoms with Crippen LogP contribution in [0.15, 0.2) is 234 Å². The Hall–Kier alpha value is -13.1. The van der Waals surface area contributed by atoms with Crippen LogP contribution in [0.2, 0.25) is 0 Å². The number of allylic oxidation sites excluding steroid dienone is 6. The first kappa shape index (κ1) is 75.3. The van der Waals surface area contributed by atoms with Gasteiger partial charge in [0.15, 0.2) is 16.9 Å². The molecule has 0 saturated carbocycles. The van der Waals surface area contributed by atoms with Crippen LogP contribution >= 0.6 is 0 Å². The Morgan fingerprint density at radius 1 is 0.376 bits per heavy atom. The van der Waals surface area contributed by atoms with Crippen LogP contribution in [0, 0.1) is 0 Å². The topological polar surface area (TPSA) is 246 Å². The smallest absolute Gasteiger partial charge is 0.278 e. The lowest BCUT2D eigenvalue weighted by molar-refractivity contribution is 0.175. The summed E-state index contributed by atoms with van der Waals surface area (Å²) in [4.78, 5) is 75.3. The number of hydrogen-bond donors (Lipinski definition) is 3. The Morgan fingerprint density at radius 2 is 0.726 bits per heavy atom. The van der Waals surface area contributed by atoms with E-state index >= 15 is 0 Å². The molecule has 5 aliphatic heterocycles. The number of nitrogens with zero attached hydrogens (tertiary/aromatic N) is 18. The summed E-state index contributed by atoms with van der Waals surface area (Å²) in [6.45, 7) is 14.2. The lowest BCUT2D eigenvalue weighted by atomic mass is 10.2. The minimum absolute atomic E-state index is 0.119. The predicted octanol–water partition coefficient (Wildman–Crippen LogP) is 14.4. The number of aromatic nitrogens is 15. The summed E-state index contributed by atoms with van der Waals surface area (Å²) in [5.74, 6) is 3.63. The molecule has 9 aromatic heterocycles. The number of nitrogens with one attached hydrogen (secondary N) is 3. The fourth-order valence-electron chi connectivity index (χ4n) is 15.9. The normalized spacial score (nSPS) is 15.2. The van der Waals surface area contributed by atoms with Gasteiger partial charge in [0.2, 0.25) is 17.8 Å². The third kappa shape index (κ3) is 16.5. The van der Waals surface area contributed by atoms with Gasteiger partial charge in [0, 0.05) is 144 Å². The van der Waals surface area contributed by atoms with Crippen LogP contribution < -0.4 is 46.8 Å². The number of rotatable bonds is 15. The molecule has 20 rings (SSSR count). The zero-order valence-electron chi connectivity index (χ0n) is 66.0. The van der Waals surface area contributed by atoms with E-state index < -0.39 is 0 Å². The van der Waals surface area contributed by atoms with Gasteiger partial charge in [-0.1, -0.05) is 54.7 Å². The van der Waals surface area contributed by atoms with Gasteiger partial charge >= 0.3 is 0 Å².